The maximum absolute atomic E-state index is 12.7. The molecule has 202 valence electrons. The van der Waals surface area contributed by atoms with Crippen molar-refractivity contribution >= 4 is 14.2 Å². The van der Waals surface area contributed by atoms with Gasteiger partial charge in [0.15, 0.2) is 8.32 Å². The SMILES string of the molecule is CCCCC(=O)NC[C@@H]1[C@@H]([C@@]2(C)CC[C@H](C)C[C@@H]2CO[Si](C)(C)C(C)(C)C)CC[C@]2(C)C=CC[C@@H]12. The zero-order chi connectivity index (χ0) is 26.1. The Morgan fingerprint density at radius 3 is 2.51 bits per heavy atom. The van der Waals surface area contributed by atoms with Gasteiger partial charge in [-0.25, -0.2) is 0 Å². The largest absolute Gasteiger partial charge is 0.417 e. The number of hydrogen-bond acceptors (Lipinski definition) is 2. The van der Waals surface area contributed by atoms with Gasteiger partial charge in [0.2, 0.25) is 5.91 Å². The van der Waals surface area contributed by atoms with Gasteiger partial charge in [-0.05, 0) is 97.1 Å². The standard InChI is InChI=1S/C31H57NO2Si/c1-10-11-14-28(33)32-21-25-26-13-12-17-30(26,6)18-16-27(25)31(7)19-15-23(2)20-24(31)22-34-35(8,9)29(3,4)5/h12,17,23-27H,10-11,13-16,18-22H2,1-9H3,(H,32,33)/t23-,24+,25-,26-,27-,30-,31-/m0/s1. The molecule has 0 radical (unpaired) electrons. The van der Waals surface area contributed by atoms with Crippen LogP contribution in [0.3, 0.4) is 0 Å². The van der Waals surface area contributed by atoms with E-state index in [0.717, 1.165) is 31.9 Å². The lowest BCUT2D eigenvalue weighted by molar-refractivity contribution is -0.123. The lowest BCUT2D eigenvalue weighted by atomic mass is 9.49. The summed E-state index contributed by atoms with van der Waals surface area (Å²) in [5.41, 5.74) is 0.596. The smallest absolute Gasteiger partial charge is 0.220 e. The summed E-state index contributed by atoms with van der Waals surface area (Å²) >= 11 is 0. The lowest BCUT2D eigenvalue weighted by Crippen LogP contribution is -2.54. The molecule has 1 amide bonds. The molecule has 4 heteroatoms. The van der Waals surface area contributed by atoms with Crippen LogP contribution in [0.1, 0.15) is 106 Å². The quantitative estimate of drug-likeness (QED) is 0.253. The summed E-state index contributed by atoms with van der Waals surface area (Å²) in [6.45, 7) is 23.4. The Morgan fingerprint density at radius 2 is 1.86 bits per heavy atom. The van der Waals surface area contributed by atoms with Crippen molar-refractivity contribution in [1.29, 1.82) is 0 Å². The highest BCUT2D eigenvalue weighted by atomic mass is 28.4. The maximum Gasteiger partial charge on any atom is 0.220 e. The molecule has 0 spiro atoms. The van der Waals surface area contributed by atoms with Crippen molar-refractivity contribution in [2.45, 2.75) is 124 Å². The molecule has 0 unspecified atom stereocenters. The zero-order valence-electron chi connectivity index (χ0n) is 24.6. The second-order valence-corrected chi connectivity index (χ2v) is 19.4. The number of carbonyl (C=O) groups excluding carboxylic acids is 1. The molecular formula is C31H57NO2Si. The maximum atomic E-state index is 12.7. The van der Waals surface area contributed by atoms with E-state index in [9.17, 15) is 4.79 Å². The van der Waals surface area contributed by atoms with Gasteiger partial charge in [0.1, 0.15) is 0 Å². The molecule has 2 fully saturated rings. The van der Waals surface area contributed by atoms with Crippen LogP contribution in [0.25, 0.3) is 0 Å². The van der Waals surface area contributed by atoms with Gasteiger partial charge in [-0.1, -0.05) is 73.5 Å². The van der Waals surface area contributed by atoms with Crippen molar-refractivity contribution < 1.29 is 9.22 Å². The van der Waals surface area contributed by atoms with Crippen molar-refractivity contribution in [3.05, 3.63) is 12.2 Å². The molecule has 2 saturated carbocycles. The molecule has 0 aromatic rings. The van der Waals surface area contributed by atoms with Crippen LogP contribution in [-0.4, -0.2) is 27.4 Å². The van der Waals surface area contributed by atoms with Crippen LogP contribution in [0.15, 0.2) is 12.2 Å². The molecule has 3 rings (SSSR count). The average Bonchev–Trinajstić information content (AvgIpc) is 3.17. The van der Waals surface area contributed by atoms with E-state index in [1.54, 1.807) is 0 Å². The molecule has 3 aliphatic rings. The summed E-state index contributed by atoms with van der Waals surface area (Å²) in [4.78, 5) is 12.7. The van der Waals surface area contributed by atoms with Crippen LogP contribution in [0, 0.1) is 40.4 Å². The fraction of sp³-hybridized carbons (Fsp3) is 0.903. The highest BCUT2D eigenvalue weighted by molar-refractivity contribution is 6.74. The summed E-state index contributed by atoms with van der Waals surface area (Å²) in [7, 11) is -1.78. The topological polar surface area (TPSA) is 38.3 Å². The Hall–Kier alpha value is -0.613. The fourth-order valence-corrected chi connectivity index (χ4v) is 8.49. The molecule has 3 nitrogen and oxygen atoms in total. The van der Waals surface area contributed by atoms with Crippen LogP contribution in [0.5, 0.6) is 0 Å². The van der Waals surface area contributed by atoms with Crippen LogP contribution in [0.4, 0.5) is 0 Å². The molecule has 0 aromatic heterocycles. The Kier molecular flexibility index (Phi) is 9.11. The van der Waals surface area contributed by atoms with Crippen molar-refractivity contribution in [2.24, 2.45) is 40.4 Å². The first-order valence-corrected chi connectivity index (χ1v) is 17.7. The first-order chi connectivity index (χ1) is 16.2. The average molecular weight is 504 g/mol. The third kappa shape index (κ3) is 6.28. The van der Waals surface area contributed by atoms with E-state index in [1.165, 1.54) is 38.5 Å². The Bertz CT molecular complexity index is 756. The Morgan fingerprint density at radius 1 is 1.14 bits per heavy atom. The van der Waals surface area contributed by atoms with Gasteiger partial charge in [-0.2, -0.15) is 0 Å². The molecule has 35 heavy (non-hydrogen) atoms. The van der Waals surface area contributed by atoms with E-state index in [0.29, 0.717) is 35.5 Å². The third-order valence-corrected chi connectivity index (χ3v) is 15.7. The molecule has 1 N–H and O–H groups in total. The number of rotatable bonds is 9. The summed E-state index contributed by atoms with van der Waals surface area (Å²) in [5.74, 6) is 3.53. The van der Waals surface area contributed by atoms with Crippen molar-refractivity contribution in [1.82, 2.24) is 5.32 Å². The third-order valence-electron chi connectivity index (χ3n) is 11.1. The van der Waals surface area contributed by atoms with E-state index in [-0.39, 0.29) is 16.4 Å². The molecule has 0 aromatic carbocycles. The second-order valence-electron chi connectivity index (χ2n) is 14.6. The van der Waals surface area contributed by atoms with Gasteiger partial charge >= 0.3 is 0 Å². The predicted molar refractivity (Wildman–Crippen MR) is 152 cm³/mol. The number of allylic oxidation sites excluding steroid dienone is 2. The van der Waals surface area contributed by atoms with E-state index < -0.39 is 8.32 Å². The first-order valence-electron chi connectivity index (χ1n) is 14.8. The number of nitrogens with one attached hydrogen (secondary N) is 1. The normalized spacial score (nSPS) is 37.8. The van der Waals surface area contributed by atoms with E-state index in [1.807, 2.05) is 0 Å². The number of fused-ring (bicyclic) bond motifs is 1. The molecule has 0 bridgehead atoms. The van der Waals surface area contributed by atoms with Crippen LogP contribution < -0.4 is 5.32 Å². The fourth-order valence-electron chi connectivity index (χ4n) is 7.44. The van der Waals surface area contributed by atoms with Gasteiger partial charge in [0.05, 0.1) is 0 Å². The van der Waals surface area contributed by atoms with E-state index in [2.05, 4.69) is 79.0 Å². The molecule has 0 heterocycles. The van der Waals surface area contributed by atoms with Crippen molar-refractivity contribution in [3.63, 3.8) is 0 Å². The summed E-state index contributed by atoms with van der Waals surface area (Å²) < 4.78 is 6.91. The molecule has 7 atom stereocenters. The lowest BCUT2D eigenvalue weighted by Gasteiger charge is -2.57. The zero-order valence-corrected chi connectivity index (χ0v) is 25.6. The molecular weight excluding hydrogens is 446 g/mol. The highest BCUT2D eigenvalue weighted by Crippen LogP contribution is 2.61. The van der Waals surface area contributed by atoms with E-state index in [4.69, 9.17) is 4.43 Å². The summed E-state index contributed by atoms with van der Waals surface area (Å²) in [5, 5.41) is 3.66. The van der Waals surface area contributed by atoms with Crippen LogP contribution in [-0.2, 0) is 9.22 Å². The molecule has 3 aliphatic carbocycles. The van der Waals surface area contributed by atoms with Crippen molar-refractivity contribution in [3.8, 4) is 0 Å². The number of hydrogen-bond donors (Lipinski definition) is 1. The minimum absolute atomic E-state index is 0.247. The van der Waals surface area contributed by atoms with Gasteiger partial charge < -0.3 is 9.74 Å². The number of amides is 1. The highest BCUT2D eigenvalue weighted by Gasteiger charge is 2.55. The minimum atomic E-state index is -1.78. The van der Waals surface area contributed by atoms with Crippen molar-refractivity contribution in [2.75, 3.05) is 13.2 Å². The number of unbranched alkanes of at least 4 members (excludes halogenated alkanes) is 1. The Balaban J connectivity index is 1.84. The van der Waals surface area contributed by atoms with Crippen LogP contribution in [0.2, 0.25) is 18.1 Å². The minimum Gasteiger partial charge on any atom is -0.417 e. The number of carbonyl (C=O) groups is 1. The monoisotopic (exact) mass is 503 g/mol. The van der Waals surface area contributed by atoms with Gasteiger partial charge in [0, 0.05) is 19.6 Å². The molecule has 0 aliphatic heterocycles. The first kappa shape index (κ1) is 29.0. The van der Waals surface area contributed by atoms with E-state index >= 15 is 0 Å². The summed E-state index contributed by atoms with van der Waals surface area (Å²) in [6, 6.07) is 0. The van der Waals surface area contributed by atoms with Gasteiger partial charge in [-0.15, -0.1) is 0 Å². The second kappa shape index (κ2) is 11.0. The van der Waals surface area contributed by atoms with Crippen LogP contribution >= 0.6 is 0 Å². The van der Waals surface area contributed by atoms with Gasteiger partial charge in [-0.3, -0.25) is 4.79 Å². The Labute approximate surface area is 218 Å². The predicted octanol–water partition coefficient (Wildman–Crippen LogP) is 8.37. The molecule has 0 saturated heterocycles. The van der Waals surface area contributed by atoms with Gasteiger partial charge in [0.25, 0.3) is 0 Å². The summed E-state index contributed by atoms with van der Waals surface area (Å²) in [6.07, 6.45) is 15.4.